The van der Waals surface area contributed by atoms with Crippen LogP contribution in [0.5, 0.6) is 5.88 Å². The number of hydrogen-bond donors (Lipinski definition) is 4. The number of aromatic nitrogens is 2. The van der Waals surface area contributed by atoms with Crippen LogP contribution in [-0.4, -0.2) is 58.0 Å². The van der Waals surface area contributed by atoms with Gasteiger partial charge in [0.1, 0.15) is 17.7 Å². The van der Waals surface area contributed by atoms with E-state index >= 15 is 0 Å². The Morgan fingerprint density at radius 2 is 2.09 bits per heavy atom. The second-order valence-corrected chi connectivity index (χ2v) is 9.43. The van der Waals surface area contributed by atoms with E-state index in [1.807, 2.05) is 24.3 Å². The van der Waals surface area contributed by atoms with Gasteiger partial charge in [-0.3, -0.25) is 4.90 Å². The van der Waals surface area contributed by atoms with Crippen molar-refractivity contribution in [1.82, 2.24) is 14.9 Å². The second-order valence-electron chi connectivity index (χ2n) is 8.15. The third kappa shape index (κ3) is 6.21. The molecule has 11 heteroatoms. The van der Waals surface area contributed by atoms with E-state index in [0.717, 1.165) is 30.6 Å². The molecule has 184 valence electrons. The van der Waals surface area contributed by atoms with Gasteiger partial charge in [-0.1, -0.05) is 11.6 Å². The van der Waals surface area contributed by atoms with Gasteiger partial charge in [-0.2, -0.15) is 4.98 Å². The summed E-state index contributed by atoms with van der Waals surface area (Å²) >= 11 is 7.07. The van der Waals surface area contributed by atoms with Gasteiger partial charge < -0.3 is 25.7 Å². The number of nitrogens with one attached hydrogen (secondary N) is 2. The number of nitrogens with two attached hydrogens (primary N) is 1. The van der Waals surface area contributed by atoms with Crippen molar-refractivity contribution in [2.75, 3.05) is 36.7 Å². The fourth-order valence-corrected chi connectivity index (χ4v) is 4.73. The minimum atomic E-state index is -0.358. The van der Waals surface area contributed by atoms with E-state index in [1.54, 1.807) is 13.0 Å². The van der Waals surface area contributed by atoms with Crippen molar-refractivity contribution in [3.8, 4) is 17.3 Å². The normalized spacial score (nSPS) is 15.8. The summed E-state index contributed by atoms with van der Waals surface area (Å²) in [5.41, 5.74) is 8.27. The van der Waals surface area contributed by atoms with Gasteiger partial charge in [0.05, 0.1) is 17.1 Å². The Bertz CT molecular complexity index is 1210. The van der Waals surface area contributed by atoms with Gasteiger partial charge in [-0.05, 0) is 67.8 Å². The zero-order valence-electron chi connectivity index (χ0n) is 19.1. The van der Waals surface area contributed by atoms with Gasteiger partial charge in [-0.25, -0.2) is 9.37 Å². The second kappa shape index (κ2) is 11.2. The molecule has 1 aliphatic rings. The Morgan fingerprint density at radius 3 is 2.80 bits per heavy atom. The summed E-state index contributed by atoms with van der Waals surface area (Å²) in [7, 11) is 0. The molecule has 8 nitrogen and oxygen atoms in total. The topological polar surface area (TPSA) is 120 Å². The first-order valence-corrected chi connectivity index (χ1v) is 12.2. The van der Waals surface area contributed by atoms with Crippen LogP contribution < -0.4 is 15.2 Å². The van der Waals surface area contributed by atoms with E-state index in [4.69, 9.17) is 27.5 Å². The molecule has 35 heavy (non-hydrogen) atoms. The highest BCUT2D eigenvalue weighted by Crippen LogP contribution is 2.30. The van der Waals surface area contributed by atoms with Gasteiger partial charge in [0.25, 0.3) is 0 Å². The molecule has 0 spiro atoms. The maximum atomic E-state index is 13.9. The number of anilines is 2. The largest absolute Gasteiger partial charge is 0.472 e. The lowest BCUT2D eigenvalue weighted by Crippen LogP contribution is -2.28. The van der Waals surface area contributed by atoms with Crippen molar-refractivity contribution in [2.45, 2.75) is 24.3 Å². The van der Waals surface area contributed by atoms with Crippen LogP contribution in [0.25, 0.3) is 11.4 Å². The van der Waals surface area contributed by atoms with Crippen LogP contribution in [0.4, 0.5) is 15.9 Å². The Balaban J connectivity index is 1.52. The molecule has 0 amide bonds. The number of aliphatic hydroxyl groups is 1. The summed E-state index contributed by atoms with van der Waals surface area (Å²) in [6.07, 6.45) is 0.679. The van der Waals surface area contributed by atoms with Crippen LogP contribution in [0.1, 0.15) is 18.9 Å². The molecule has 3 aromatic rings. The average molecular weight is 517 g/mol. The molecular weight excluding hydrogens is 491 g/mol. The Labute approximate surface area is 212 Å². The fraction of sp³-hybridized carbons (Fsp3) is 0.292. The first-order valence-electron chi connectivity index (χ1n) is 11.0. The number of halogens is 2. The van der Waals surface area contributed by atoms with Crippen molar-refractivity contribution in [3.05, 3.63) is 58.9 Å². The van der Waals surface area contributed by atoms with Gasteiger partial charge in [0.2, 0.25) is 5.88 Å². The Hall–Kier alpha value is -2.92. The molecule has 1 aliphatic heterocycles. The maximum absolute atomic E-state index is 13.9. The molecule has 1 unspecified atom stereocenters. The lowest BCUT2D eigenvalue weighted by Gasteiger charge is -2.18. The van der Waals surface area contributed by atoms with Crippen molar-refractivity contribution >= 4 is 40.8 Å². The first-order chi connectivity index (χ1) is 16.8. The third-order valence-electron chi connectivity index (χ3n) is 5.52. The van der Waals surface area contributed by atoms with Gasteiger partial charge in [-0.15, -0.1) is 0 Å². The lowest BCUT2D eigenvalue weighted by molar-refractivity contribution is 0.176. The third-order valence-corrected chi connectivity index (χ3v) is 6.62. The standard InChI is InChI=1S/C24H26ClFN6O2S/c1-14(27)21-22(28)29-23(30-24(21)34-18-8-9-32(13-18)10-11-33)15-2-5-17(6-3-15)31-35-20-12-16(25)4-7-19(20)26/h2-7,12,18,27,31,33H,8-11,13H2,1H3,(H2,28,29,30). The molecule has 0 saturated carbocycles. The monoisotopic (exact) mass is 516 g/mol. The Kier molecular flexibility index (Phi) is 8.07. The predicted octanol–water partition coefficient (Wildman–Crippen LogP) is 4.47. The Morgan fingerprint density at radius 1 is 1.31 bits per heavy atom. The number of nitrogen functional groups attached to an aromatic ring is 1. The van der Waals surface area contributed by atoms with E-state index in [0.29, 0.717) is 40.0 Å². The highest BCUT2D eigenvalue weighted by atomic mass is 35.5. The number of ether oxygens (including phenoxy) is 1. The van der Waals surface area contributed by atoms with E-state index in [2.05, 4.69) is 19.6 Å². The van der Waals surface area contributed by atoms with Gasteiger partial charge >= 0.3 is 0 Å². The predicted molar refractivity (Wildman–Crippen MR) is 138 cm³/mol. The van der Waals surface area contributed by atoms with Crippen LogP contribution >= 0.6 is 23.5 Å². The lowest BCUT2D eigenvalue weighted by atomic mass is 10.1. The van der Waals surface area contributed by atoms with E-state index < -0.39 is 0 Å². The molecule has 5 N–H and O–H groups in total. The quantitative estimate of drug-likeness (QED) is 0.243. The van der Waals surface area contributed by atoms with Crippen LogP contribution in [-0.2, 0) is 0 Å². The highest BCUT2D eigenvalue weighted by molar-refractivity contribution is 8.00. The van der Waals surface area contributed by atoms with E-state index in [9.17, 15) is 9.50 Å². The molecule has 4 rings (SSSR count). The molecule has 1 saturated heterocycles. The highest BCUT2D eigenvalue weighted by Gasteiger charge is 2.26. The fourth-order valence-electron chi connectivity index (χ4n) is 3.78. The number of benzene rings is 2. The molecule has 0 bridgehead atoms. The molecule has 0 aliphatic carbocycles. The van der Waals surface area contributed by atoms with Crippen LogP contribution in [0, 0.1) is 11.2 Å². The summed E-state index contributed by atoms with van der Waals surface area (Å²) in [6.45, 7) is 3.80. The summed E-state index contributed by atoms with van der Waals surface area (Å²) in [5.74, 6) is 0.484. The van der Waals surface area contributed by atoms with Crippen LogP contribution in [0.15, 0.2) is 47.4 Å². The zero-order chi connectivity index (χ0) is 24.9. The van der Waals surface area contributed by atoms with Crippen LogP contribution in [0.2, 0.25) is 5.02 Å². The number of nitrogens with zero attached hydrogens (tertiary/aromatic N) is 3. The first kappa shape index (κ1) is 25.2. The minimum Gasteiger partial charge on any atom is -0.472 e. The maximum Gasteiger partial charge on any atom is 0.228 e. The minimum absolute atomic E-state index is 0.0968. The van der Waals surface area contributed by atoms with E-state index in [-0.39, 0.29) is 35.9 Å². The number of likely N-dealkylation sites (tertiary alicyclic amines) is 1. The van der Waals surface area contributed by atoms with Crippen molar-refractivity contribution in [3.63, 3.8) is 0 Å². The van der Waals surface area contributed by atoms with Gasteiger partial charge in [0.15, 0.2) is 5.82 Å². The molecule has 2 aromatic carbocycles. The van der Waals surface area contributed by atoms with Gasteiger partial charge in [0, 0.05) is 41.6 Å². The SMILES string of the molecule is CC(=N)c1c(N)nc(-c2ccc(NSc3cc(Cl)ccc3F)cc2)nc1OC1CCN(CCO)C1. The molecule has 1 atom stereocenters. The van der Waals surface area contributed by atoms with Crippen molar-refractivity contribution in [1.29, 1.82) is 5.41 Å². The summed E-state index contributed by atoms with van der Waals surface area (Å²) in [6, 6.07) is 11.7. The molecule has 0 radical (unpaired) electrons. The smallest absolute Gasteiger partial charge is 0.228 e. The summed E-state index contributed by atoms with van der Waals surface area (Å²) in [5, 5.41) is 17.8. The average Bonchev–Trinajstić information content (AvgIpc) is 3.26. The molecule has 1 aromatic heterocycles. The molecule has 1 fully saturated rings. The summed E-state index contributed by atoms with van der Waals surface area (Å²) in [4.78, 5) is 11.5. The van der Waals surface area contributed by atoms with Crippen LogP contribution in [0.3, 0.4) is 0 Å². The number of hydrogen-bond acceptors (Lipinski definition) is 9. The number of aliphatic hydroxyl groups excluding tert-OH is 1. The van der Waals surface area contributed by atoms with Crippen molar-refractivity contribution < 1.29 is 14.2 Å². The number of β-amino-alcohol motifs (C(OH)–C–C–N with tert-alkyl or cyclic N) is 1. The molecule has 2 heterocycles. The summed E-state index contributed by atoms with van der Waals surface area (Å²) < 4.78 is 23.2. The number of rotatable bonds is 9. The molecular formula is C24H26ClFN6O2S. The van der Waals surface area contributed by atoms with E-state index in [1.165, 1.54) is 12.1 Å². The zero-order valence-corrected chi connectivity index (χ0v) is 20.7. The van der Waals surface area contributed by atoms with Crippen molar-refractivity contribution in [2.24, 2.45) is 0 Å².